The Balaban J connectivity index is 1.78. The molecular formula is C21H19N3O5. The summed E-state index contributed by atoms with van der Waals surface area (Å²) in [7, 11) is 3.12. The Hall–Kier alpha value is -3.94. The first-order valence-corrected chi connectivity index (χ1v) is 8.71. The van der Waals surface area contributed by atoms with Crippen molar-refractivity contribution in [2.24, 2.45) is 0 Å². The van der Waals surface area contributed by atoms with Gasteiger partial charge in [0.15, 0.2) is 5.78 Å². The van der Waals surface area contributed by atoms with Crippen LogP contribution in [-0.2, 0) is 6.54 Å². The van der Waals surface area contributed by atoms with Crippen molar-refractivity contribution in [1.29, 1.82) is 0 Å². The number of ketones is 1. The van der Waals surface area contributed by atoms with Crippen LogP contribution in [-0.4, -0.2) is 34.7 Å². The Morgan fingerprint density at radius 3 is 2.52 bits per heavy atom. The minimum Gasteiger partial charge on any atom is -0.497 e. The monoisotopic (exact) mass is 393 g/mol. The van der Waals surface area contributed by atoms with Crippen LogP contribution in [0, 0.1) is 10.1 Å². The summed E-state index contributed by atoms with van der Waals surface area (Å²) in [5.74, 6) is 0.962. The van der Waals surface area contributed by atoms with Crippen LogP contribution in [0.5, 0.6) is 11.5 Å². The summed E-state index contributed by atoms with van der Waals surface area (Å²) in [5.41, 5.74) is 2.13. The van der Waals surface area contributed by atoms with Crippen LogP contribution in [0.2, 0.25) is 0 Å². The molecule has 0 spiro atoms. The Kier molecular flexibility index (Phi) is 6.03. The standard InChI is InChI=1S/C21H19N3O5/c1-28-18-7-5-16(6-8-18)19(25)9-3-15-4-10-20(29-2)17(13-15)14-23-12-11-21(22-23)24(26)27/h3-13H,14H2,1-2H3/b9-3+. The highest BCUT2D eigenvalue weighted by molar-refractivity contribution is 6.06. The molecule has 0 N–H and O–H groups in total. The molecule has 0 aliphatic carbocycles. The van der Waals surface area contributed by atoms with Gasteiger partial charge < -0.3 is 19.6 Å². The lowest BCUT2D eigenvalue weighted by atomic mass is 10.1. The highest BCUT2D eigenvalue weighted by atomic mass is 16.6. The highest BCUT2D eigenvalue weighted by Crippen LogP contribution is 2.22. The summed E-state index contributed by atoms with van der Waals surface area (Å²) in [6.45, 7) is 0.297. The third-order valence-corrected chi connectivity index (χ3v) is 4.25. The second kappa shape index (κ2) is 8.83. The number of benzene rings is 2. The van der Waals surface area contributed by atoms with E-state index in [1.807, 2.05) is 12.1 Å². The SMILES string of the molecule is COc1ccc(C(=O)/C=C/c2ccc(OC)c(Cn3ccc([N+](=O)[O-])n3)c2)cc1. The number of methoxy groups -OCH3 is 2. The summed E-state index contributed by atoms with van der Waals surface area (Å²) in [5, 5.41) is 14.7. The minimum absolute atomic E-state index is 0.132. The van der Waals surface area contributed by atoms with E-state index >= 15 is 0 Å². The summed E-state index contributed by atoms with van der Waals surface area (Å²) in [6, 6.07) is 13.7. The van der Waals surface area contributed by atoms with Crippen molar-refractivity contribution in [3.8, 4) is 11.5 Å². The van der Waals surface area contributed by atoms with E-state index < -0.39 is 4.92 Å². The first-order valence-electron chi connectivity index (χ1n) is 8.71. The molecule has 0 bridgehead atoms. The molecule has 0 atom stereocenters. The van der Waals surface area contributed by atoms with Crippen LogP contribution in [0.25, 0.3) is 6.08 Å². The number of ether oxygens (including phenoxy) is 2. The van der Waals surface area contributed by atoms with Gasteiger partial charge in [0.25, 0.3) is 0 Å². The molecule has 0 radical (unpaired) electrons. The van der Waals surface area contributed by atoms with Crippen molar-refractivity contribution in [2.45, 2.75) is 6.54 Å². The predicted octanol–water partition coefficient (Wildman–Crippen LogP) is 3.75. The summed E-state index contributed by atoms with van der Waals surface area (Å²) in [4.78, 5) is 22.6. The molecule has 0 aliphatic heterocycles. The first-order chi connectivity index (χ1) is 14.0. The zero-order chi connectivity index (χ0) is 20.8. The largest absolute Gasteiger partial charge is 0.497 e. The Morgan fingerprint density at radius 2 is 1.90 bits per heavy atom. The molecule has 0 fully saturated rings. The molecule has 0 saturated carbocycles. The van der Waals surface area contributed by atoms with Gasteiger partial charge in [0.2, 0.25) is 0 Å². The average molecular weight is 393 g/mol. The van der Waals surface area contributed by atoms with Gasteiger partial charge in [-0.15, -0.1) is 0 Å². The zero-order valence-electron chi connectivity index (χ0n) is 15.9. The van der Waals surface area contributed by atoms with Crippen molar-refractivity contribution in [3.05, 3.63) is 87.6 Å². The molecule has 148 valence electrons. The summed E-state index contributed by atoms with van der Waals surface area (Å²) in [6.07, 6.45) is 4.74. The number of nitrogens with zero attached hydrogens (tertiary/aromatic N) is 3. The van der Waals surface area contributed by atoms with E-state index in [0.29, 0.717) is 23.6 Å². The van der Waals surface area contributed by atoms with Crippen molar-refractivity contribution in [3.63, 3.8) is 0 Å². The fraction of sp³-hybridized carbons (Fsp3) is 0.143. The fourth-order valence-corrected chi connectivity index (χ4v) is 2.76. The van der Waals surface area contributed by atoms with Crippen molar-refractivity contribution >= 4 is 17.7 Å². The molecule has 0 saturated heterocycles. The second-order valence-corrected chi connectivity index (χ2v) is 6.13. The van der Waals surface area contributed by atoms with Crippen LogP contribution in [0.15, 0.2) is 60.8 Å². The Bertz CT molecular complexity index is 1050. The first kappa shape index (κ1) is 19.8. The van der Waals surface area contributed by atoms with Crippen LogP contribution in [0.1, 0.15) is 21.5 Å². The van der Waals surface area contributed by atoms with Gasteiger partial charge in [-0.25, -0.2) is 0 Å². The maximum absolute atomic E-state index is 12.4. The quantitative estimate of drug-likeness (QED) is 0.250. The van der Waals surface area contributed by atoms with Crippen LogP contribution in [0.3, 0.4) is 0 Å². The molecule has 1 heterocycles. The van der Waals surface area contributed by atoms with Gasteiger partial charge in [-0.3, -0.25) is 4.79 Å². The molecular weight excluding hydrogens is 374 g/mol. The maximum Gasteiger partial charge on any atom is 0.389 e. The Labute approximate surface area is 167 Å². The average Bonchev–Trinajstić information content (AvgIpc) is 3.21. The van der Waals surface area contributed by atoms with Crippen LogP contribution < -0.4 is 9.47 Å². The number of hydrogen-bond donors (Lipinski definition) is 0. The van der Waals surface area contributed by atoms with Crippen LogP contribution >= 0.6 is 0 Å². The molecule has 0 amide bonds. The fourth-order valence-electron chi connectivity index (χ4n) is 2.76. The van der Waals surface area contributed by atoms with Crippen LogP contribution in [0.4, 0.5) is 5.82 Å². The van der Waals surface area contributed by atoms with E-state index in [1.165, 1.54) is 23.0 Å². The highest BCUT2D eigenvalue weighted by Gasteiger charge is 2.13. The molecule has 8 nitrogen and oxygen atoms in total. The molecule has 0 aliphatic rings. The van der Waals surface area contributed by atoms with Gasteiger partial charge in [-0.05, 0) is 53.0 Å². The number of carbonyl (C=O) groups excluding carboxylic acids is 1. The third-order valence-electron chi connectivity index (χ3n) is 4.25. The van der Waals surface area contributed by atoms with E-state index in [-0.39, 0.29) is 11.6 Å². The van der Waals surface area contributed by atoms with Gasteiger partial charge in [-0.2, -0.15) is 4.68 Å². The van der Waals surface area contributed by atoms with Crippen molar-refractivity contribution < 1.29 is 19.2 Å². The van der Waals surface area contributed by atoms with E-state index in [4.69, 9.17) is 9.47 Å². The van der Waals surface area contributed by atoms with E-state index in [0.717, 1.165) is 11.1 Å². The second-order valence-electron chi connectivity index (χ2n) is 6.13. The number of nitro groups is 1. The number of rotatable bonds is 8. The predicted molar refractivity (Wildman–Crippen MR) is 107 cm³/mol. The van der Waals surface area contributed by atoms with Crippen molar-refractivity contribution in [2.75, 3.05) is 14.2 Å². The molecule has 29 heavy (non-hydrogen) atoms. The Morgan fingerprint density at radius 1 is 1.14 bits per heavy atom. The normalized spacial score (nSPS) is 10.8. The number of allylic oxidation sites excluding steroid dienone is 1. The lowest BCUT2D eigenvalue weighted by Crippen LogP contribution is -2.03. The maximum atomic E-state index is 12.4. The third kappa shape index (κ3) is 4.86. The van der Waals surface area contributed by atoms with Gasteiger partial charge in [0.05, 0.1) is 38.1 Å². The lowest BCUT2D eigenvalue weighted by Gasteiger charge is -2.08. The van der Waals surface area contributed by atoms with Gasteiger partial charge in [-0.1, -0.05) is 12.1 Å². The number of carbonyl (C=O) groups is 1. The summed E-state index contributed by atoms with van der Waals surface area (Å²) < 4.78 is 11.9. The lowest BCUT2D eigenvalue weighted by molar-refractivity contribution is -0.389. The molecule has 0 unspecified atom stereocenters. The molecule has 3 rings (SSSR count). The van der Waals surface area contributed by atoms with Gasteiger partial charge in [0, 0.05) is 11.1 Å². The van der Waals surface area contributed by atoms with E-state index in [9.17, 15) is 14.9 Å². The topological polar surface area (TPSA) is 96.5 Å². The number of hydrogen-bond acceptors (Lipinski definition) is 6. The molecule has 8 heteroatoms. The van der Waals surface area contributed by atoms with Gasteiger partial charge >= 0.3 is 5.82 Å². The van der Waals surface area contributed by atoms with Gasteiger partial charge in [0.1, 0.15) is 11.5 Å². The number of aromatic nitrogens is 2. The van der Waals surface area contributed by atoms with Crippen molar-refractivity contribution in [1.82, 2.24) is 9.78 Å². The molecule has 3 aromatic rings. The van der Waals surface area contributed by atoms with E-state index in [1.54, 1.807) is 50.6 Å². The van der Waals surface area contributed by atoms with E-state index in [2.05, 4.69) is 5.10 Å². The molecule has 1 aromatic heterocycles. The summed E-state index contributed by atoms with van der Waals surface area (Å²) >= 11 is 0. The molecule has 2 aromatic carbocycles. The smallest absolute Gasteiger partial charge is 0.389 e. The zero-order valence-corrected chi connectivity index (χ0v) is 15.9. The minimum atomic E-state index is -0.544.